The van der Waals surface area contributed by atoms with Crippen molar-refractivity contribution in [1.82, 2.24) is 0 Å². The van der Waals surface area contributed by atoms with E-state index < -0.39 is 23.8 Å². The summed E-state index contributed by atoms with van der Waals surface area (Å²) in [5.74, 6) is -1.80. The van der Waals surface area contributed by atoms with Crippen LogP contribution in [-0.2, 0) is 0 Å². The van der Waals surface area contributed by atoms with Crippen molar-refractivity contribution in [2.24, 2.45) is 0 Å². The molecule has 6 heteroatoms. The second-order valence-corrected chi connectivity index (χ2v) is 3.70. The molecule has 0 amide bonds. The number of rotatable bonds is 3. The Balaban J connectivity index is 3.13. The third kappa shape index (κ3) is 2.64. The summed E-state index contributed by atoms with van der Waals surface area (Å²) in [4.78, 5) is 0. The monoisotopic (exact) mass is 281 g/mol. The highest BCUT2D eigenvalue weighted by Gasteiger charge is 2.23. The van der Waals surface area contributed by atoms with Crippen molar-refractivity contribution in [1.29, 1.82) is 0 Å². The first-order valence-electron chi connectivity index (χ1n) is 4.14. The van der Waals surface area contributed by atoms with E-state index in [2.05, 4.69) is 15.9 Å². The smallest absolute Gasteiger partial charge is 0.134 e. The van der Waals surface area contributed by atoms with Crippen LogP contribution < -0.4 is 5.73 Å². The highest BCUT2D eigenvalue weighted by atomic mass is 79.9. The molecule has 2 unspecified atom stereocenters. The third-order valence-corrected chi connectivity index (χ3v) is 2.61. The summed E-state index contributed by atoms with van der Waals surface area (Å²) in [7, 11) is 0. The Hall–Kier alpha value is -0.720. The van der Waals surface area contributed by atoms with Crippen LogP contribution in [0.25, 0.3) is 0 Å². The van der Waals surface area contributed by atoms with Crippen LogP contribution in [0, 0.1) is 11.6 Å². The van der Waals surface area contributed by atoms with Crippen molar-refractivity contribution in [2.75, 3.05) is 11.1 Å². The standard InChI is InChI=1S/C9H10BrF2NO2/c10-3-7(14)9(15)8-5(12)1-4(11)2-6(8)13/h1-2,7,9,14-15H,3,13H2. The van der Waals surface area contributed by atoms with Crippen LogP contribution >= 0.6 is 15.9 Å². The number of halogens is 3. The van der Waals surface area contributed by atoms with Gasteiger partial charge in [0.15, 0.2) is 0 Å². The van der Waals surface area contributed by atoms with Gasteiger partial charge in [-0.05, 0) is 6.07 Å². The number of aliphatic hydroxyl groups excluding tert-OH is 2. The van der Waals surface area contributed by atoms with Gasteiger partial charge >= 0.3 is 0 Å². The van der Waals surface area contributed by atoms with Gasteiger partial charge in [-0.1, -0.05) is 15.9 Å². The lowest BCUT2D eigenvalue weighted by molar-refractivity contribution is 0.0324. The van der Waals surface area contributed by atoms with E-state index in [0.717, 1.165) is 6.07 Å². The predicted octanol–water partition coefficient (Wildman–Crippen LogP) is 1.34. The van der Waals surface area contributed by atoms with Gasteiger partial charge in [0.1, 0.15) is 17.7 Å². The summed E-state index contributed by atoms with van der Waals surface area (Å²) in [5, 5.41) is 18.9. The van der Waals surface area contributed by atoms with Crippen molar-refractivity contribution in [3.05, 3.63) is 29.3 Å². The maximum atomic E-state index is 13.3. The van der Waals surface area contributed by atoms with E-state index in [1.165, 1.54) is 0 Å². The van der Waals surface area contributed by atoms with E-state index in [4.69, 9.17) is 5.73 Å². The summed E-state index contributed by atoms with van der Waals surface area (Å²) < 4.78 is 25.9. The largest absolute Gasteiger partial charge is 0.398 e. The van der Waals surface area contributed by atoms with Gasteiger partial charge in [-0.25, -0.2) is 8.78 Å². The first kappa shape index (κ1) is 12.4. The molecule has 0 radical (unpaired) electrons. The van der Waals surface area contributed by atoms with E-state index in [0.29, 0.717) is 6.07 Å². The van der Waals surface area contributed by atoms with Crippen LogP contribution in [-0.4, -0.2) is 21.6 Å². The highest BCUT2D eigenvalue weighted by Crippen LogP contribution is 2.27. The molecule has 4 N–H and O–H groups in total. The molecular weight excluding hydrogens is 272 g/mol. The number of anilines is 1. The molecule has 0 aliphatic rings. The van der Waals surface area contributed by atoms with E-state index in [9.17, 15) is 19.0 Å². The molecule has 84 valence electrons. The molecule has 0 aliphatic carbocycles. The number of benzene rings is 1. The minimum atomic E-state index is -1.48. The Morgan fingerprint density at radius 2 is 1.93 bits per heavy atom. The molecule has 0 aliphatic heterocycles. The molecule has 0 aromatic heterocycles. The zero-order valence-electron chi connectivity index (χ0n) is 7.62. The number of hydrogen-bond acceptors (Lipinski definition) is 3. The zero-order valence-corrected chi connectivity index (χ0v) is 9.21. The lowest BCUT2D eigenvalue weighted by Crippen LogP contribution is -2.21. The molecule has 15 heavy (non-hydrogen) atoms. The van der Waals surface area contributed by atoms with E-state index >= 15 is 0 Å². The Kier molecular flexibility index (Phi) is 4.01. The average Bonchev–Trinajstić information content (AvgIpc) is 2.14. The number of nitrogen functional groups attached to an aromatic ring is 1. The summed E-state index contributed by atoms with van der Waals surface area (Å²) in [5.41, 5.74) is 4.84. The van der Waals surface area contributed by atoms with Crippen molar-refractivity contribution in [2.45, 2.75) is 12.2 Å². The van der Waals surface area contributed by atoms with Gasteiger partial charge in [-0.2, -0.15) is 0 Å². The van der Waals surface area contributed by atoms with Crippen LogP contribution in [0.1, 0.15) is 11.7 Å². The highest BCUT2D eigenvalue weighted by molar-refractivity contribution is 9.09. The summed E-state index contributed by atoms with van der Waals surface area (Å²) in [6.07, 6.45) is -2.68. The molecule has 0 spiro atoms. The lowest BCUT2D eigenvalue weighted by Gasteiger charge is -2.18. The van der Waals surface area contributed by atoms with Gasteiger partial charge in [0.05, 0.1) is 6.10 Å². The summed E-state index contributed by atoms with van der Waals surface area (Å²) in [6, 6.07) is 1.50. The van der Waals surface area contributed by atoms with Crippen molar-refractivity contribution in [3.8, 4) is 0 Å². The van der Waals surface area contributed by atoms with Crippen LogP contribution in [0.5, 0.6) is 0 Å². The maximum absolute atomic E-state index is 13.3. The fraction of sp³-hybridized carbons (Fsp3) is 0.333. The van der Waals surface area contributed by atoms with Gasteiger partial charge in [-0.3, -0.25) is 0 Å². The zero-order chi connectivity index (χ0) is 11.6. The minimum absolute atomic E-state index is 0.0599. The summed E-state index contributed by atoms with van der Waals surface area (Å²) in [6.45, 7) is 0. The number of nitrogens with two attached hydrogens (primary N) is 1. The van der Waals surface area contributed by atoms with Crippen LogP contribution in [0.15, 0.2) is 12.1 Å². The van der Waals surface area contributed by atoms with Gasteiger partial charge in [0.25, 0.3) is 0 Å². The lowest BCUT2D eigenvalue weighted by atomic mass is 10.0. The molecule has 0 bridgehead atoms. The third-order valence-electron chi connectivity index (χ3n) is 1.94. The molecule has 0 saturated heterocycles. The number of alkyl halides is 1. The number of aliphatic hydroxyl groups is 2. The Morgan fingerprint density at radius 3 is 2.40 bits per heavy atom. The second-order valence-electron chi connectivity index (χ2n) is 3.06. The number of hydrogen-bond donors (Lipinski definition) is 3. The summed E-state index contributed by atoms with van der Waals surface area (Å²) >= 11 is 2.93. The average molecular weight is 282 g/mol. The van der Waals surface area contributed by atoms with Crippen LogP contribution in [0.2, 0.25) is 0 Å². The van der Waals surface area contributed by atoms with Gasteiger partial charge in [0, 0.05) is 22.6 Å². The fourth-order valence-corrected chi connectivity index (χ4v) is 1.55. The topological polar surface area (TPSA) is 66.5 Å². The molecule has 1 rings (SSSR count). The molecule has 2 atom stereocenters. The molecule has 3 nitrogen and oxygen atoms in total. The maximum Gasteiger partial charge on any atom is 0.134 e. The molecule has 1 aromatic rings. The molecule has 0 heterocycles. The first-order valence-corrected chi connectivity index (χ1v) is 5.26. The second kappa shape index (κ2) is 4.87. The first-order chi connectivity index (χ1) is 6.97. The quantitative estimate of drug-likeness (QED) is 0.579. The molecule has 0 saturated carbocycles. The van der Waals surface area contributed by atoms with Gasteiger partial charge in [0.2, 0.25) is 0 Å². The van der Waals surface area contributed by atoms with Crippen molar-refractivity contribution in [3.63, 3.8) is 0 Å². The molecule has 0 fully saturated rings. The normalized spacial score (nSPS) is 15.0. The van der Waals surface area contributed by atoms with Crippen molar-refractivity contribution < 1.29 is 19.0 Å². The van der Waals surface area contributed by atoms with Crippen LogP contribution in [0.4, 0.5) is 14.5 Å². The van der Waals surface area contributed by atoms with E-state index in [-0.39, 0.29) is 16.6 Å². The van der Waals surface area contributed by atoms with Crippen molar-refractivity contribution >= 4 is 21.6 Å². The Morgan fingerprint density at radius 1 is 1.33 bits per heavy atom. The van der Waals surface area contributed by atoms with E-state index in [1.54, 1.807) is 0 Å². The Bertz CT molecular complexity index is 339. The van der Waals surface area contributed by atoms with E-state index in [1.807, 2.05) is 0 Å². The van der Waals surface area contributed by atoms with Gasteiger partial charge in [-0.15, -0.1) is 0 Å². The SMILES string of the molecule is Nc1cc(F)cc(F)c1C(O)C(O)CBr. The molecular formula is C9H10BrF2NO2. The fourth-order valence-electron chi connectivity index (χ4n) is 1.19. The Labute approximate surface area is 93.7 Å². The van der Waals surface area contributed by atoms with Crippen LogP contribution in [0.3, 0.4) is 0 Å². The predicted molar refractivity (Wildman–Crippen MR) is 55.5 cm³/mol. The molecule has 1 aromatic carbocycles. The van der Waals surface area contributed by atoms with Gasteiger partial charge < -0.3 is 15.9 Å². The minimum Gasteiger partial charge on any atom is -0.398 e.